The van der Waals surface area contributed by atoms with Gasteiger partial charge in [-0.05, 0) is 60.5 Å². The van der Waals surface area contributed by atoms with E-state index in [0.29, 0.717) is 34.4 Å². The van der Waals surface area contributed by atoms with Crippen molar-refractivity contribution in [2.75, 3.05) is 18.1 Å². The molecule has 1 heterocycles. The number of hydrazine groups is 1. The number of nitrogens with one attached hydrogen (secondary N) is 2. The first kappa shape index (κ1) is 23.1. The second kappa shape index (κ2) is 10.3. The molecule has 0 fully saturated rings. The zero-order chi connectivity index (χ0) is 24.1. The number of hydrogen-bond acceptors (Lipinski definition) is 5. The predicted molar refractivity (Wildman–Crippen MR) is 127 cm³/mol. The second-order valence-electron chi connectivity index (χ2n) is 7.64. The van der Waals surface area contributed by atoms with Crippen molar-refractivity contribution < 1.29 is 23.9 Å². The van der Waals surface area contributed by atoms with E-state index in [-0.39, 0.29) is 19.1 Å². The van der Waals surface area contributed by atoms with Gasteiger partial charge in [0, 0.05) is 10.6 Å². The molecular weight excluding hydrogens is 458 g/mol. The summed E-state index contributed by atoms with van der Waals surface area (Å²) in [4.78, 5) is 38.2. The average Bonchev–Trinajstić information content (AvgIpc) is 2.85. The van der Waals surface area contributed by atoms with E-state index in [1.807, 2.05) is 13.0 Å². The van der Waals surface area contributed by atoms with E-state index in [9.17, 15) is 14.4 Å². The van der Waals surface area contributed by atoms with Crippen LogP contribution >= 0.6 is 11.6 Å². The molecule has 1 aliphatic heterocycles. The summed E-state index contributed by atoms with van der Waals surface area (Å²) in [6.45, 7) is 1.83. The number of carbonyl (C=O) groups excluding carboxylic acids is 3. The van der Waals surface area contributed by atoms with Gasteiger partial charge < -0.3 is 9.47 Å². The van der Waals surface area contributed by atoms with E-state index < -0.39 is 11.8 Å². The Labute approximate surface area is 201 Å². The SMILES string of the molecule is Cc1cc(OCc2ccc(C(=O)NNC(=O)CN3C(=O)COc4ccccc43)cc2)ccc1Cl. The Hall–Kier alpha value is -4.04. The zero-order valence-electron chi connectivity index (χ0n) is 18.3. The molecule has 0 saturated heterocycles. The fraction of sp³-hybridized carbons (Fsp3) is 0.160. The number of halogens is 1. The van der Waals surface area contributed by atoms with Gasteiger partial charge in [0.25, 0.3) is 17.7 Å². The van der Waals surface area contributed by atoms with Crippen molar-refractivity contribution in [3.63, 3.8) is 0 Å². The number of aryl methyl sites for hydroxylation is 1. The minimum absolute atomic E-state index is 0.148. The molecule has 0 aliphatic carbocycles. The van der Waals surface area contributed by atoms with Crippen LogP contribution in [-0.4, -0.2) is 30.9 Å². The van der Waals surface area contributed by atoms with Crippen molar-refractivity contribution in [1.29, 1.82) is 0 Å². The average molecular weight is 480 g/mol. The van der Waals surface area contributed by atoms with Crippen LogP contribution in [0.3, 0.4) is 0 Å². The highest BCUT2D eigenvalue weighted by atomic mass is 35.5. The molecule has 0 spiro atoms. The molecule has 9 heteroatoms. The van der Waals surface area contributed by atoms with Crippen LogP contribution in [0.1, 0.15) is 21.5 Å². The van der Waals surface area contributed by atoms with E-state index in [1.54, 1.807) is 60.7 Å². The Balaban J connectivity index is 1.28. The largest absolute Gasteiger partial charge is 0.489 e. The van der Waals surface area contributed by atoms with E-state index in [4.69, 9.17) is 21.1 Å². The number of rotatable bonds is 6. The van der Waals surface area contributed by atoms with E-state index in [2.05, 4.69) is 10.9 Å². The van der Waals surface area contributed by atoms with Crippen LogP contribution in [0.2, 0.25) is 5.02 Å². The molecular formula is C25H22ClN3O5. The lowest BCUT2D eigenvalue weighted by Crippen LogP contribution is -2.49. The lowest BCUT2D eigenvalue weighted by Gasteiger charge is -2.28. The summed E-state index contributed by atoms with van der Waals surface area (Å²) < 4.78 is 11.1. The predicted octanol–water partition coefficient (Wildman–Crippen LogP) is 3.41. The highest BCUT2D eigenvalue weighted by molar-refractivity contribution is 6.31. The fourth-order valence-corrected chi connectivity index (χ4v) is 3.45. The van der Waals surface area contributed by atoms with Crippen molar-refractivity contribution in [3.8, 4) is 11.5 Å². The number of amides is 3. The quantitative estimate of drug-likeness (QED) is 0.528. The summed E-state index contributed by atoms with van der Waals surface area (Å²) in [5, 5.41) is 0.677. The molecule has 8 nitrogen and oxygen atoms in total. The van der Waals surface area contributed by atoms with Crippen molar-refractivity contribution in [1.82, 2.24) is 10.9 Å². The zero-order valence-corrected chi connectivity index (χ0v) is 19.1. The summed E-state index contributed by atoms with van der Waals surface area (Å²) in [7, 11) is 0. The number of fused-ring (bicyclic) bond motifs is 1. The second-order valence-corrected chi connectivity index (χ2v) is 8.04. The van der Waals surface area contributed by atoms with Gasteiger partial charge in [-0.2, -0.15) is 0 Å². The number of nitrogens with zero attached hydrogens (tertiary/aromatic N) is 1. The number of anilines is 1. The summed E-state index contributed by atoms with van der Waals surface area (Å²) in [5.41, 5.74) is 7.37. The highest BCUT2D eigenvalue weighted by Gasteiger charge is 2.27. The van der Waals surface area contributed by atoms with Gasteiger partial charge in [0.05, 0.1) is 5.69 Å². The van der Waals surface area contributed by atoms with Gasteiger partial charge in [-0.25, -0.2) is 0 Å². The Kier molecular flexibility index (Phi) is 6.98. The maximum Gasteiger partial charge on any atom is 0.269 e. The van der Waals surface area contributed by atoms with Gasteiger partial charge in [0.15, 0.2) is 6.61 Å². The third kappa shape index (κ3) is 5.47. The molecule has 0 radical (unpaired) electrons. The molecule has 0 unspecified atom stereocenters. The van der Waals surface area contributed by atoms with Gasteiger partial charge in [-0.3, -0.25) is 30.1 Å². The van der Waals surface area contributed by atoms with Crippen LogP contribution in [-0.2, 0) is 16.2 Å². The Morgan fingerprint density at radius 2 is 1.82 bits per heavy atom. The van der Waals surface area contributed by atoms with Crippen LogP contribution < -0.4 is 25.2 Å². The summed E-state index contributed by atoms with van der Waals surface area (Å²) >= 11 is 6.02. The van der Waals surface area contributed by atoms with Crippen LogP contribution in [0.15, 0.2) is 66.7 Å². The minimum Gasteiger partial charge on any atom is -0.489 e. The van der Waals surface area contributed by atoms with Crippen LogP contribution in [0.5, 0.6) is 11.5 Å². The van der Waals surface area contributed by atoms with Crippen molar-refractivity contribution in [2.24, 2.45) is 0 Å². The number of carbonyl (C=O) groups is 3. The topological polar surface area (TPSA) is 97.0 Å². The summed E-state index contributed by atoms with van der Waals surface area (Å²) in [6.07, 6.45) is 0. The smallest absolute Gasteiger partial charge is 0.269 e. The first-order valence-corrected chi connectivity index (χ1v) is 10.9. The summed E-state index contributed by atoms with van der Waals surface area (Å²) in [5.74, 6) is -0.140. The maximum absolute atomic E-state index is 12.4. The van der Waals surface area contributed by atoms with Crippen LogP contribution in [0, 0.1) is 6.92 Å². The molecule has 0 atom stereocenters. The Morgan fingerprint density at radius 1 is 1.06 bits per heavy atom. The van der Waals surface area contributed by atoms with Crippen molar-refractivity contribution >= 4 is 35.0 Å². The molecule has 34 heavy (non-hydrogen) atoms. The van der Waals surface area contributed by atoms with Crippen LogP contribution in [0.4, 0.5) is 5.69 Å². The Morgan fingerprint density at radius 3 is 2.59 bits per heavy atom. The minimum atomic E-state index is -0.540. The Bertz CT molecular complexity index is 1230. The molecule has 4 rings (SSSR count). The van der Waals surface area contributed by atoms with E-state index >= 15 is 0 Å². The number of para-hydroxylation sites is 2. The van der Waals surface area contributed by atoms with Gasteiger partial charge in [-0.15, -0.1) is 0 Å². The van der Waals surface area contributed by atoms with Crippen LogP contribution in [0.25, 0.3) is 0 Å². The number of benzene rings is 3. The standard InChI is InChI=1S/C25H22ClN3O5/c1-16-12-19(10-11-20(16)26)33-14-17-6-8-18(9-7-17)25(32)28-27-23(30)13-29-21-4-2-3-5-22(21)34-15-24(29)31/h2-12H,13-15H2,1H3,(H,27,30)(H,28,32). The molecule has 0 saturated carbocycles. The molecule has 3 amide bonds. The lowest BCUT2D eigenvalue weighted by molar-refractivity contribution is -0.125. The van der Waals surface area contributed by atoms with E-state index in [0.717, 1.165) is 11.1 Å². The van der Waals surface area contributed by atoms with Crippen molar-refractivity contribution in [2.45, 2.75) is 13.5 Å². The number of ether oxygens (including phenoxy) is 2. The van der Waals surface area contributed by atoms with Gasteiger partial charge in [0.1, 0.15) is 24.7 Å². The van der Waals surface area contributed by atoms with Gasteiger partial charge in [0.2, 0.25) is 0 Å². The third-order valence-corrected chi connectivity index (χ3v) is 5.60. The lowest BCUT2D eigenvalue weighted by atomic mass is 10.1. The highest BCUT2D eigenvalue weighted by Crippen LogP contribution is 2.31. The molecule has 174 valence electrons. The number of hydrogen-bond donors (Lipinski definition) is 2. The van der Waals surface area contributed by atoms with Gasteiger partial charge >= 0.3 is 0 Å². The molecule has 0 bridgehead atoms. The summed E-state index contributed by atoms with van der Waals surface area (Å²) in [6, 6.07) is 19.2. The molecule has 2 N–H and O–H groups in total. The molecule has 0 aromatic heterocycles. The maximum atomic E-state index is 12.4. The third-order valence-electron chi connectivity index (χ3n) is 5.18. The molecule has 1 aliphatic rings. The first-order chi connectivity index (χ1) is 16.4. The van der Waals surface area contributed by atoms with E-state index in [1.165, 1.54) is 4.90 Å². The van der Waals surface area contributed by atoms with Crippen molar-refractivity contribution in [3.05, 3.63) is 88.4 Å². The molecule has 3 aromatic carbocycles. The molecule has 3 aromatic rings. The van der Waals surface area contributed by atoms with Gasteiger partial charge in [-0.1, -0.05) is 35.9 Å². The fourth-order valence-electron chi connectivity index (χ4n) is 3.34. The first-order valence-electron chi connectivity index (χ1n) is 10.5. The normalized spacial score (nSPS) is 12.4. The monoisotopic (exact) mass is 479 g/mol.